The van der Waals surface area contributed by atoms with Crippen LogP contribution in [0.4, 0.5) is 5.69 Å². The first-order valence-corrected chi connectivity index (χ1v) is 6.83. The van der Waals surface area contributed by atoms with Gasteiger partial charge in [0.25, 0.3) is 0 Å². The minimum absolute atomic E-state index is 0.671. The van der Waals surface area contributed by atoms with E-state index in [-0.39, 0.29) is 0 Å². The molecule has 0 amide bonds. The average Bonchev–Trinajstić information content (AvgIpc) is 2.77. The van der Waals surface area contributed by atoms with Gasteiger partial charge in [0, 0.05) is 24.8 Å². The Morgan fingerprint density at radius 2 is 2.18 bits per heavy atom. The summed E-state index contributed by atoms with van der Waals surface area (Å²) < 4.78 is 0. The smallest absolute Gasteiger partial charge is 0.0428 e. The van der Waals surface area contributed by atoms with E-state index in [1.165, 1.54) is 29.8 Å². The highest BCUT2D eigenvalue weighted by Crippen LogP contribution is 2.28. The van der Waals surface area contributed by atoms with E-state index < -0.39 is 0 Å². The lowest BCUT2D eigenvalue weighted by Gasteiger charge is -2.24. The first-order chi connectivity index (χ1) is 8.26. The summed E-state index contributed by atoms with van der Waals surface area (Å²) in [5.41, 5.74) is 4.39. The van der Waals surface area contributed by atoms with Crippen molar-refractivity contribution in [2.24, 2.45) is 0 Å². The highest BCUT2D eigenvalue weighted by atomic mass is 15.2. The number of para-hydroxylation sites is 1. The second kappa shape index (κ2) is 5.54. The van der Waals surface area contributed by atoms with E-state index in [0.717, 1.165) is 19.5 Å². The first-order valence-electron chi connectivity index (χ1n) is 6.83. The zero-order chi connectivity index (χ0) is 12.3. The summed E-state index contributed by atoms with van der Waals surface area (Å²) in [5, 5.41) is 3.56. The van der Waals surface area contributed by atoms with E-state index in [4.69, 9.17) is 0 Å². The second-order valence-electron chi connectivity index (χ2n) is 4.93. The van der Waals surface area contributed by atoms with Gasteiger partial charge in [0.05, 0.1) is 0 Å². The number of nitrogens with one attached hydrogen (secondary N) is 1. The van der Waals surface area contributed by atoms with Crippen molar-refractivity contribution in [3.8, 4) is 0 Å². The number of rotatable bonds is 4. The Balaban J connectivity index is 2.18. The maximum atomic E-state index is 3.56. The molecule has 0 bridgehead atoms. The minimum Gasteiger partial charge on any atom is -0.369 e. The van der Waals surface area contributed by atoms with E-state index in [0.29, 0.717) is 6.04 Å². The second-order valence-corrected chi connectivity index (χ2v) is 4.93. The molecular weight excluding hydrogens is 208 g/mol. The number of hydrogen-bond acceptors (Lipinski definition) is 2. The molecule has 1 atom stereocenters. The van der Waals surface area contributed by atoms with Crippen LogP contribution in [0, 0.1) is 6.92 Å². The van der Waals surface area contributed by atoms with Gasteiger partial charge in [-0.25, -0.2) is 0 Å². The maximum Gasteiger partial charge on any atom is 0.0428 e. The van der Waals surface area contributed by atoms with Gasteiger partial charge in [0.2, 0.25) is 0 Å². The Kier molecular flexibility index (Phi) is 4.06. The summed E-state index contributed by atoms with van der Waals surface area (Å²) >= 11 is 0. The number of hydrogen-bond donors (Lipinski definition) is 1. The molecule has 2 rings (SSSR count). The molecule has 1 unspecified atom stereocenters. The van der Waals surface area contributed by atoms with Crippen molar-refractivity contribution >= 4 is 5.69 Å². The summed E-state index contributed by atoms with van der Waals surface area (Å²) in [7, 11) is 0. The van der Waals surface area contributed by atoms with Crippen LogP contribution in [0.3, 0.4) is 0 Å². The van der Waals surface area contributed by atoms with Crippen molar-refractivity contribution in [2.45, 2.75) is 39.7 Å². The van der Waals surface area contributed by atoms with Crippen LogP contribution in [0.25, 0.3) is 0 Å². The third-order valence-corrected chi connectivity index (χ3v) is 3.70. The standard InChI is InChI=1S/C15H24N2/c1-4-13-8-6-7-12(3)15(13)17-10-9-14(11-17)16-5-2/h6-8,14,16H,4-5,9-11H2,1-3H3. The summed E-state index contributed by atoms with van der Waals surface area (Å²) in [6.07, 6.45) is 2.39. The van der Waals surface area contributed by atoms with Crippen LogP contribution in [0.15, 0.2) is 18.2 Å². The lowest BCUT2D eigenvalue weighted by atomic mass is 10.0. The molecule has 0 aromatic heterocycles. The Bertz CT molecular complexity index is 373. The van der Waals surface area contributed by atoms with Gasteiger partial charge in [-0.1, -0.05) is 32.0 Å². The van der Waals surface area contributed by atoms with E-state index in [2.05, 4.69) is 49.2 Å². The minimum atomic E-state index is 0.671. The lowest BCUT2D eigenvalue weighted by molar-refractivity contribution is 0.572. The van der Waals surface area contributed by atoms with Gasteiger partial charge in [0.15, 0.2) is 0 Å². The summed E-state index contributed by atoms with van der Waals surface area (Å²) in [6, 6.07) is 7.34. The van der Waals surface area contributed by atoms with Crippen molar-refractivity contribution in [2.75, 3.05) is 24.5 Å². The summed E-state index contributed by atoms with van der Waals surface area (Å²) in [5.74, 6) is 0. The highest BCUT2D eigenvalue weighted by Gasteiger charge is 2.23. The molecular formula is C15H24N2. The molecule has 17 heavy (non-hydrogen) atoms. The van der Waals surface area contributed by atoms with Crippen molar-refractivity contribution in [3.63, 3.8) is 0 Å². The summed E-state index contributed by atoms with van der Waals surface area (Å²) in [6.45, 7) is 10.1. The maximum absolute atomic E-state index is 3.56. The fourth-order valence-corrected chi connectivity index (χ4v) is 2.88. The first kappa shape index (κ1) is 12.4. The average molecular weight is 232 g/mol. The van der Waals surface area contributed by atoms with Crippen LogP contribution in [-0.2, 0) is 6.42 Å². The van der Waals surface area contributed by atoms with Gasteiger partial charge >= 0.3 is 0 Å². The van der Waals surface area contributed by atoms with E-state index >= 15 is 0 Å². The zero-order valence-electron chi connectivity index (χ0n) is 11.3. The number of likely N-dealkylation sites (N-methyl/N-ethyl adjacent to an activating group) is 1. The van der Waals surface area contributed by atoms with E-state index in [1.807, 2.05) is 0 Å². The molecule has 2 nitrogen and oxygen atoms in total. The van der Waals surface area contributed by atoms with Crippen LogP contribution in [0.5, 0.6) is 0 Å². The van der Waals surface area contributed by atoms with Crippen molar-refractivity contribution in [1.29, 1.82) is 0 Å². The quantitative estimate of drug-likeness (QED) is 0.858. The molecule has 2 heteroatoms. The topological polar surface area (TPSA) is 15.3 Å². The zero-order valence-corrected chi connectivity index (χ0v) is 11.3. The third kappa shape index (κ3) is 2.63. The molecule has 0 aliphatic carbocycles. The van der Waals surface area contributed by atoms with Gasteiger partial charge in [-0.15, -0.1) is 0 Å². The highest BCUT2D eigenvalue weighted by molar-refractivity contribution is 5.60. The van der Waals surface area contributed by atoms with E-state index in [1.54, 1.807) is 0 Å². The summed E-state index contributed by atoms with van der Waals surface area (Å²) in [4.78, 5) is 2.56. The van der Waals surface area contributed by atoms with Gasteiger partial charge < -0.3 is 10.2 Å². The number of anilines is 1. The SMILES string of the molecule is CCNC1CCN(c2c(C)cccc2CC)C1. The monoisotopic (exact) mass is 232 g/mol. The number of benzene rings is 1. The molecule has 1 N–H and O–H groups in total. The molecule has 0 spiro atoms. The Morgan fingerprint density at radius 3 is 2.88 bits per heavy atom. The van der Waals surface area contributed by atoms with E-state index in [9.17, 15) is 0 Å². The van der Waals surface area contributed by atoms with Crippen molar-refractivity contribution in [3.05, 3.63) is 29.3 Å². The molecule has 94 valence electrons. The molecule has 1 aliphatic heterocycles. The van der Waals surface area contributed by atoms with Gasteiger partial charge in [-0.2, -0.15) is 0 Å². The molecule has 0 saturated carbocycles. The van der Waals surface area contributed by atoms with Crippen molar-refractivity contribution < 1.29 is 0 Å². The fourth-order valence-electron chi connectivity index (χ4n) is 2.88. The van der Waals surface area contributed by atoms with Crippen LogP contribution < -0.4 is 10.2 Å². The normalized spacial score (nSPS) is 19.9. The van der Waals surface area contributed by atoms with Crippen LogP contribution in [0.1, 0.15) is 31.4 Å². The fraction of sp³-hybridized carbons (Fsp3) is 0.600. The molecule has 1 heterocycles. The molecule has 1 aromatic rings. The van der Waals surface area contributed by atoms with Gasteiger partial charge in [0.1, 0.15) is 0 Å². The number of aryl methyl sites for hydroxylation is 2. The predicted octanol–water partition coefficient (Wildman–Crippen LogP) is 2.75. The van der Waals surface area contributed by atoms with Crippen LogP contribution >= 0.6 is 0 Å². The Labute approximate surface area is 105 Å². The van der Waals surface area contributed by atoms with Gasteiger partial charge in [-0.05, 0) is 37.4 Å². The molecule has 1 aliphatic rings. The molecule has 0 radical (unpaired) electrons. The third-order valence-electron chi connectivity index (χ3n) is 3.70. The molecule has 1 saturated heterocycles. The lowest BCUT2D eigenvalue weighted by Crippen LogP contribution is -2.32. The Morgan fingerprint density at radius 1 is 1.35 bits per heavy atom. The predicted molar refractivity (Wildman–Crippen MR) is 74.9 cm³/mol. The molecule has 1 aromatic carbocycles. The van der Waals surface area contributed by atoms with Crippen molar-refractivity contribution in [1.82, 2.24) is 5.32 Å². The van der Waals surface area contributed by atoms with Crippen LogP contribution in [0.2, 0.25) is 0 Å². The van der Waals surface area contributed by atoms with Crippen LogP contribution in [-0.4, -0.2) is 25.7 Å². The molecule has 1 fully saturated rings. The number of nitrogens with zero attached hydrogens (tertiary/aromatic N) is 1. The largest absolute Gasteiger partial charge is 0.369 e. The Hall–Kier alpha value is -1.02. The van der Waals surface area contributed by atoms with Gasteiger partial charge in [-0.3, -0.25) is 0 Å².